The summed E-state index contributed by atoms with van der Waals surface area (Å²) in [6.07, 6.45) is 0. The van der Waals surface area contributed by atoms with Gasteiger partial charge in [0.1, 0.15) is 11.6 Å². The van der Waals surface area contributed by atoms with Crippen LogP contribution in [0.4, 0.5) is 4.39 Å². The lowest BCUT2D eigenvalue weighted by molar-refractivity contribution is -0.197. The van der Waals surface area contributed by atoms with Crippen molar-refractivity contribution >= 4 is 22.6 Å². The molecule has 0 unspecified atom stereocenters. The van der Waals surface area contributed by atoms with Crippen LogP contribution in [0, 0.1) is 5.82 Å². The maximum atomic E-state index is 13.8. The first-order chi connectivity index (χ1) is 7.63. The van der Waals surface area contributed by atoms with Crippen LogP contribution in [0.3, 0.4) is 0 Å². The molecule has 0 bridgehead atoms. The number of ether oxygens (including phenoxy) is 3. The van der Waals surface area contributed by atoms with Crippen LogP contribution in [0.2, 0.25) is 0 Å². The number of methoxy groups -OCH3 is 3. The van der Waals surface area contributed by atoms with E-state index in [0.29, 0.717) is 15.7 Å². The highest BCUT2D eigenvalue weighted by Gasteiger charge is 2.33. The number of rotatable bonds is 5. The smallest absolute Gasteiger partial charge is 0.206 e. The Bertz CT molecular complexity index is 345. The second-order valence-corrected chi connectivity index (χ2v) is 3.90. The van der Waals surface area contributed by atoms with Gasteiger partial charge >= 0.3 is 0 Å². The zero-order chi connectivity index (χ0) is 12.2. The molecule has 5 heteroatoms. The molecule has 1 aromatic carbocycles. The van der Waals surface area contributed by atoms with Crippen molar-refractivity contribution in [1.82, 2.24) is 0 Å². The van der Waals surface area contributed by atoms with Crippen molar-refractivity contribution in [1.29, 1.82) is 0 Å². The largest absolute Gasteiger partial charge is 0.497 e. The van der Waals surface area contributed by atoms with Crippen molar-refractivity contribution in [3.63, 3.8) is 0 Å². The predicted octanol–water partition coefficient (Wildman–Crippen LogP) is 2.71. The normalized spacial score (nSPS) is 11.6. The minimum atomic E-state index is -1.04. The number of hydrogen-bond acceptors (Lipinski definition) is 3. The van der Waals surface area contributed by atoms with E-state index in [0.717, 1.165) is 0 Å². The maximum Gasteiger partial charge on any atom is 0.206 e. The Kier molecular flexibility index (Phi) is 4.94. The van der Waals surface area contributed by atoms with Crippen LogP contribution < -0.4 is 4.74 Å². The van der Waals surface area contributed by atoms with Gasteiger partial charge < -0.3 is 14.2 Å². The predicted molar refractivity (Wildman–Crippen MR) is 67.5 cm³/mol. The molecule has 0 fully saturated rings. The number of alkyl halides is 1. The molecule has 0 N–H and O–H groups in total. The van der Waals surface area contributed by atoms with Gasteiger partial charge in [0.15, 0.2) is 0 Å². The summed E-state index contributed by atoms with van der Waals surface area (Å²) in [6.45, 7) is 0. The molecular weight excluding hydrogens is 326 g/mol. The van der Waals surface area contributed by atoms with Crippen molar-refractivity contribution in [3.05, 3.63) is 29.6 Å². The molecule has 0 amide bonds. The average Bonchev–Trinajstić information content (AvgIpc) is 2.33. The van der Waals surface area contributed by atoms with E-state index in [9.17, 15) is 4.39 Å². The van der Waals surface area contributed by atoms with Gasteiger partial charge in [0.25, 0.3) is 0 Å². The molecule has 1 rings (SSSR count). The molecule has 0 saturated heterocycles. The Labute approximate surface area is 108 Å². The van der Waals surface area contributed by atoms with E-state index in [2.05, 4.69) is 22.6 Å². The molecule has 90 valence electrons. The summed E-state index contributed by atoms with van der Waals surface area (Å²) in [6, 6.07) is 4.60. The van der Waals surface area contributed by atoms with Crippen molar-refractivity contribution in [2.24, 2.45) is 0 Å². The summed E-state index contributed by atoms with van der Waals surface area (Å²) in [5.41, 5.74) is 0.368. The maximum absolute atomic E-state index is 13.8. The van der Waals surface area contributed by atoms with Gasteiger partial charge in [0.05, 0.1) is 11.5 Å². The van der Waals surface area contributed by atoms with Gasteiger partial charge in [-0.3, -0.25) is 0 Å². The van der Waals surface area contributed by atoms with Crippen LogP contribution in [0.25, 0.3) is 0 Å². The summed E-state index contributed by atoms with van der Waals surface area (Å²) in [5, 5.41) is 0. The first-order valence-electron chi connectivity index (χ1n) is 4.63. The highest BCUT2D eigenvalue weighted by atomic mass is 127. The first kappa shape index (κ1) is 13.7. The van der Waals surface area contributed by atoms with E-state index in [1.165, 1.54) is 27.4 Å². The summed E-state index contributed by atoms with van der Waals surface area (Å²) >= 11 is 2.09. The van der Waals surface area contributed by atoms with Crippen LogP contribution in [-0.4, -0.2) is 25.8 Å². The van der Waals surface area contributed by atoms with Gasteiger partial charge in [0.2, 0.25) is 5.79 Å². The molecule has 0 spiro atoms. The van der Waals surface area contributed by atoms with E-state index in [4.69, 9.17) is 14.2 Å². The summed E-state index contributed by atoms with van der Waals surface area (Å²) in [4.78, 5) is 0. The third-order valence-electron chi connectivity index (χ3n) is 2.42. The molecule has 0 radical (unpaired) electrons. The zero-order valence-corrected chi connectivity index (χ0v) is 11.6. The Morgan fingerprint density at radius 3 is 2.25 bits per heavy atom. The highest BCUT2D eigenvalue weighted by molar-refractivity contribution is 14.1. The van der Waals surface area contributed by atoms with E-state index in [-0.39, 0.29) is 0 Å². The van der Waals surface area contributed by atoms with E-state index in [1.807, 2.05) is 0 Å². The quantitative estimate of drug-likeness (QED) is 0.469. The number of benzene rings is 1. The lowest BCUT2D eigenvalue weighted by Crippen LogP contribution is -2.33. The Balaban J connectivity index is 3.20. The van der Waals surface area contributed by atoms with Gasteiger partial charge in [-0.05, 0) is 12.1 Å². The fourth-order valence-corrected chi connectivity index (χ4v) is 2.45. The molecule has 0 saturated carbocycles. The summed E-state index contributed by atoms with van der Waals surface area (Å²) in [5.74, 6) is -0.979. The molecule has 0 aromatic heterocycles. The lowest BCUT2D eigenvalue weighted by Gasteiger charge is -2.29. The van der Waals surface area contributed by atoms with Gasteiger partial charge in [-0.25, -0.2) is 4.39 Å². The Morgan fingerprint density at radius 1 is 1.25 bits per heavy atom. The van der Waals surface area contributed by atoms with Crippen LogP contribution in [0.1, 0.15) is 5.56 Å². The van der Waals surface area contributed by atoms with Crippen LogP contribution in [-0.2, 0) is 15.3 Å². The fourth-order valence-electron chi connectivity index (χ4n) is 1.42. The van der Waals surface area contributed by atoms with Gasteiger partial charge in [0, 0.05) is 25.8 Å². The fraction of sp³-hybridized carbons (Fsp3) is 0.455. The highest BCUT2D eigenvalue weighted by Crippen LogP contribution is 2.32. The van der Waals surface area contributed by atoms with Gasteiger partial charge in [-0.1, -0.05) is 22.6 Å². The second-order valence-electron chi connectivity index (χ2n) is 3.14. The zero-order valence-electron chi connectivity index (χ0n) is 9.42. The van der Waals surface area contributed by atoms with Crippen LogP contribution in [0.15, 0.2) is 18.2 Å². The monoisotopic (exact) mass is 340 g/mol. The van der Waals surface area contributed by atoms with Crippen molar-refractivity contribution in [2.45, 2.75) is 5.79 Å². The van der Waals surface area contributed by atoms with E-state index in [1.54, 1.807) is 12.1 Å². The van der Waals surface area contributed by atoms with Crippen molar-refractivity contribution in [2.75, 3.05) is 25.8 Å². The average molecular weight is 340 g/mol. The van der Waals surface area contributed by atoms with Gasteiger partial charge in [-0.15, -0.1) is 0 Å². The Hall–Kier alpha value is -0.400. The SMILES string of the molecule is COc1ccc(C(CI)(OC)OC)c(F)c1. The minimum Gasteiger partial charge on any atom is -0.497 e. The lowest BCUT2D eigenvalue weighted by atomic mass is 10.1. The van der Waals surface area contributed by atoms with Crippen molar-refractivity contribution < 1.29 is 18.6 Å². The standard InChI is InChI=1S/C11H14FIO3/c1-14-8-4-5-9(10(12)6-8)11(7-13,15-2)16-3/h4-6H,7H2,1-3H3. The molecule has 0 atom stereocenters. The van der Waals surface area contributed by atoms with E-state index < -0.39 is 11.6 Å². The molecule has 0 heterocycles. The molecule has 0 aliphatic rings. The molecule has 1 aromatic rings. The number of halogens is 2. The molecule has 0 aliphatic heterocycles. The minimum absolute atomic E-state index is 0.368. The third-order valence-corrected chi connectivity index (χ3v) is 3.43. The molecule has 0 aliphatic carbocycles. The molecular formula is C11H14FIO3. The molecule has 16 heavy (non-hydrogen) atoms. The van der Waals surface area contributed by atoms with Crippen LogP contribution >= 0.6 is 22.6 Å². The topological polar surface area (TPSA) is 27.7 Å². The Morgan fingerprint density at radius 2 is 1.88 bits per heavy atom. The first-order valence-corrected chi connectivity index (χ1v) is 6.16. The second kappa shape index (κ2) is 5.79. The number of hydrogen-bond donors (Lipinski definition) is 0. The summed E-state index contributed by atoms with van der Waals surface area (Å²) < 4.78 is 29.8. The summed E-state index contributed by atoms with van der Waals surface area (Å²) in [7, 11) is 4.48. The third kappa shape index (κ3) is 2.46. The van der Waals surface area contributed by atoms with Gasteiger partial charge in [-0.2, -0.15) is 0 Å². The van der Waals surface area contributed by atoms with Crippen molar-refractivity contribution in [3.8, 4) is 5.75 Å². The van der Waals surface area contributed by atoms with E-state index >= 15 is 0 Å². The molecule has 3 nitrogen and oxygen atoms in total. The van der Waals surface area contributed by atoms with Crippen LogP contribution in [0.5, 0.6) is 5.75 Å².